The summed E-state index contributed by atoms with van der Waals surface area (Å²) in [5, 5.41) is 15.6. The fourth-order valence-corrected chi connectivity index (χ4v) is 3.29. The smallest absolute Gasteiger partial charge is 0.335 e. The minimum atomic E-state index is -1.08. The van der Waals surface area contributed by atoms with Gasteiger partial charge >= 0.3 is 5.97 Å². The molecule has 31 heavy (non-hydrogen) atoms. The number of nitrogens with one attached hydrogen (secondary N) is 2. The monoisotopic (exact) mass is 440 g/mol. The van der Waals surface area contributed by atoms with Gasteiger partial charge in [-0.2, -0.15) is 0 Å². The third-order valence-corrected chi connectivity index (χ3v) is 4.95. The Morgan fingerprint density at radius 1 is 0.742 bits per heavy atom. The van der Waals surface area contributed by atoms with Gasteiger partial charge in [0.05, 0.1) is 5.56 Å². The van der Waals surface area contributed by atoms with Gasteiger partial charge in [0.15, 0.2) is 0 Å². The van der Waals surface area contributed by atoms with Crippen molar-refractivity contribution in [2.24, 2.45) is 0 Å². The molecule has 0 aliphatic heterocycles. The molecule has 0 spiro atoms. The van der Waals surface area contributed by atoms with Gasteiger partial charge in [-0.15, -0.1) is 12.8 Å². The van der Waals surface area contributed by atoms with Crippen molar-refractivity contribution < 1.29 is 9.90 Å². The SMILES string of the molecule is C#Cc1cccc(C(=S)Nc2cc(NC(=S)c3cccc(C#C)c3)cc(C(=O)O)c2)c1. The van der Waals surface area contributed by atoms with Crippen LogP contribution in [0.1, 0.15) is 32.6 Å². The molecule has 0 radical (unpaired) electrons. The van der Waals surface area contributed by atoms with Crippen molar-refractivity contribution in [3.63, 3.8) is 0 Å². The number of hydrogen-bond donors (Lipinski definition) is 3. The van der Waals surface area contributed by atoms with Crippen LogP contribution in [0, 0.1) is 24.7 Å². The van der Waals surface area contributed by atoms with E-state index in [9.17, 15) is 9.90 Å². The lowest BCUT2D eigenvalue weighted by Gasteiger charge is -2.14. The number of hydrogen-bond acceptors (Lipinski definition) is 3. The normalized spacial score (nSPS) is 9.74. The molecule has 0 fully saturated rings. The largest absolute Gasteiger partial charge is 0.478 e. The molecule has 3 rings (SSSR count). The average molecular weight is 441 g/mol. The number of carboxylic acids is 1. The van der Waals surface area contributed by atoms with Crippen LogP contribution in [-0.2, 0) is 0 Å². The van der Waals surface area contributed by atoms with E-state index in [1.807, 2.05) is 24.3 Å². The molecule has 0 unspecified atom stereocenters. The molecule has 0 aliphatic carbocycles. The summed E-state index contributed by atoms with van der Waals surface area (Å²) in [7, 11) is 0. The van der Waals surface area contributed by atoms with Crippen molar-refractivity contribution in [1.29, 1.82) is 0 Å². The number of carbonyl (C=O) groups is 1. The van der Waals surface area contributed by atoms with E-state index in [-0.39, 0.29) is 5.56 Å². The van der Waals surface area contributed by atoms with Crippen molar-refractivity contribution in [2.75, 3.05) is 10.6 Å². The van der Waals surface area contributed by atoms with Crippen molar-refractivity contribution in [3.05, 3.63) is 94.5 Å². The number of thiocarbonyl (C=S) groups is 2. The highest BCUT2D eigenvalue weighted by Crippen LogP contribution is 2.22. The number of rotatable bonds is 5. The summed E-state index contributed by atoms with van der Waals surface area (Å²) in [5.41, 5.74) is 3.92. The van der Waals surface area contributed by atoms with Gasteiger partial charge in [-0.1, -0.05) is 60.5 Å². The van der Waals surface area contributed by atoms with Crippen LogP contribution in [0.15, 0.2) is 66.7 Å². The first-order valence-electron chi connectivity index (χ1n) is 9.04. The Labute approximate surface area is 191 Å². The lowest BCUT2D eigenvalue weighted by atomic mass is 10.1. The molecule has 0 aromatic heterocycles. The summed E-state index contributed by atoms with van der Waals surface area (Å²) >= 11 is 10.9. The van der Waals surface area contributed by atoms with Crippen molar-refractivity contribution in [1.82, 2.24) is 0 Å². The van der Waals surface area contributed by atoms with E-state index < -0.39 is 5.97 Å². The standard InChI is InChI=1S/C25H16N2O2S2/c1-3-16-7-5-9-18(11-16)23(30)26-21-13-20(25(28)29)14-22(15-21)27-24(31)19-10-6-8-17(4-2)12-19/h1-2,5-15H,(H,26,30)(H,27,31)(H,28,29). The maximum Gasteiger partial charge on any atom is 0.335 e. The van der Waals surface area contributed by atoms with Crippen molar-refractivity contribution in [2.45, 2.75) is 0 Å². The molecule has 0 saturated carbocycles. The van der Waals surface area contributed by atoms with Crippen LogP contribution in [-0.4, -0.2) is 21.1 Å². The number of aromatic carboxylic acids is 1. The Morgan fingerprint density at radius 3 is 1.58 bits per heavy atom. The molecule has 0 amide bonds. The highest BCUT2D eigenvalue weighted by atomic mass is 32.1. The topological polar surface area (TPSA) is 61.4 Å². The molecule has 3 aromatic carbocycles. The molecule has 0 heterocycles. The highest BCUT2D eigenvalue weighted by Gasteiger charge is 2.11. The van der Waals surface area contributed by atoms with E-state index in [0.717, 1.165) is 11.1 Å². The Kier molecular flexibility index (Phi) is 6.79. The van der Waals surface area contributed by atoms with Crippen molar-refractivity contribution >= 4 is 51.8 Å². The summed E-state index contributed by atoms with van der Waals surface area (Å²) in [4.78, 5) is 12.4. The Bertz CT molecular complexity index is 1190. The minimum absolute atomic E-state index is 0.0767. The summed E-state index contributed by atoms with van der Waals surface area (Å²) in [6, 6.07) is 19.1. The zero-order valence-electron chi connectivity index (χ0n) is 16.2. The molecule has 150 valence electrons. The Balaban J connectivity index is 1.87. The molecule has 4 nitrogen and oxygen atoms in total. The van der Waals surface area contributed by atoms with Gasteiger partial charge in [0.1, 0.15) is 9.98 Å². The van der Waals surface area contributed by atoms with Crippen molar-refractivity contribution in [3.8, 4) is 24.7 Å². The Hall–Kier alpha value is -3.97. The van der Waals surface area contributed by atoms with Crippen LogP contribution in [0.5, 0.6) is 0 Å². The summed E-state index contributed by atoms with van der Waals surface area (Å²) in [5.74, 6) is 4.05. The van der Waals surface area contributed by atoms with Crippen LogP contribution in [0.3, 0.4) is 0 Å². The molecule has 0 atom stereocenters. The first-order valence-corrected chi connectivity index (χ1v) is 9.85. The highest BCUT2D eigenvalue weighted by molar-refractivity contribution is 7.81. The summed E-state index contributed by atoms with van der Waals surface area (Å²) in [6.45, 7) is 0. The molecule has 3 aromatic rings. The van der Waals surface area contributed by atoms with Gasteiger partial charge in [-0.25, -0.2) is 4.79 Å². The Morgan fingerprint density at radius 2 is 1.19 bits per heavy atom. The molecule has 0 saturated heterocycles. The van der Waals surface area contributed by atoms with Crippen LogP contribution >= 0.6 is 24.4 Å². The van der Waals surface area contributed by atoms with E-state index in [4.69, 9.17) is 37.3 Å². The van der Waals surface area contributed by atoms with Gasteiger partial charge in [-0.3, -0.25) is 0 Å². The zero-order valence-corrected chi connectivity index (χ0v) is 17.8. The number of terminal acetylenes is 2. The van der Waals surface area contributed by atoms with E-state index in [1.165, 1.54) is 12.1 Å². The molecular weight excluding hydrogens is 424 g/mol. The van der Waals surface area contributed by atoms with Crippen LogP contribution in [0.25, 0.3) is 0 Å². The third kappa shape index (κ3) is 5.55. The maximum atomic E-state index is 11.6. The average Bonchev–Trinajstić information content (AvgIpc) is 2.78. The predicted octanol–water partition coefficient (Wildman–Crippen LogP) is 4.92. The van der Waals surface area contributed by atoms with Crippen LogP contribution < -0.4 is 10.6 Å². The quantitative estimate of drug-likeness (QED) is 0.387. The van der Waals surface area contributed by atoms with Crippen LogP contribution in [0.2, 0.25) is 0 Å². The first kappa shape index (κ1) is 21.7. The second-order valence-corrected chi connectivity index (χ2v) is 7.28. The molecule has 3 N–H and O–H groups in total. The second kappa shape index (κ2) is 9.69. The second-order valence-electron chi connectivity index (χ2n) is 6.46. The molecular formula is C25H16N2O2S2. The number of anilines is 2. The summed E-state index contributed by atoms with van der Waals surface area (Å²) in [6.07, 6.45) is 10.9. The lowest BCUT2D eigenvalue weighted by Crippen LogP contribution is -2.14. The predicted molar refractivity (Wildman–Crippen MR) is 133 cm³/mol. The van der Waals surface area contributed by atoms with E-state index in [0.29, 0.717) is 32.5 Å². The van der Waals surface area contributed by atoms with Gasteiger partial charge < -0.3 is 15.7 Å². The van der Waals surface area contributed by atoms with Gasteiger partial charge in [0.25, 0.3) is 0 Å². The van der Waals surface area contributed by atoms with Gasteiger partial charge in [0, 0.05) is 33.6 Å². The van der Waals surface area contributed by atoms with Gasteiger partial charge in [0.2, 0.25) is 0 Å². The zero-order chi connectivity index (χ0) is 22.4. The van der Waals surface area contributed by atoms with E-state index in [1.54, 1.807) is 30.3 Å². The fourth-order valence-electron chi connectivity index (χ4n) is 2.80. The summed E-state index contributed by atoms with van der Waals surface area (Å²) < 4.78 is 0. The van der Waals surface area contributed by atoms with E-state index >= 15 is 0 Å². The number of carboxylic acid groups (broad SMARTS) is 1. The first-order chi connectivity index (χ1) is 14.9. The van der Waals surface area contributed by atoms with Crippen LogP contribution in [0.4, 0.5) is 11.4 Å². The fraction of sp³-hybridized carbons (Fsp3) is 0. The minimum Gasteiger partial charge on any atom is -0.478 e. The number of benzene rings is 3. The lowest BCUT2D eigenvalue weighted by molar-refractivity contribution is 0.0697. The molecule has 0 aliphatic rings. The molecule has 6 heteroatoms. The molecule has 0 bridgehead atoms. The maximum absolute atomic E-state index is 11.6. The van der Waals surface area contributed by atoms with Gasteiger partial charge in [-0.05, 0) is 42.5 Å². The van der Waals surface area contributed by atoms with E-state index in [2.05, 4.69) is 22.5 Å². The third-order valence-electron chi connectivity index (χ3n) is 4.28.